The lowest BCUT2D eigenvalue weighted by Crippen LogP contribution is -2.40. The second kappa shape index (κ2) is 5.97. The van der Waals surface area contributed by atoms with Crippen molar-refractivity contribution >= 4 is 16.7 Å². The van der Waals surface area contributed by atoms with E-state index in [1.165, 1.54) is 22.8 Å². The molecule has 2 aliphatic carbocycles. The fourth-order valence-corrected chi connectivity index (χ4v) is 4.20. The molecule has 0 radical (unpaired) electrons. The standard InChI is InChI=1S/C20H24N2O/c21-12-14-7-4-10-19(14)22-20(23)18-11-17(18)16-9-3-6-13-5-1-2-8-15(13)16/h1-3,5-6,8-9,14,17-19H,4,7,10-12,21H2,(H,22,23). The molecule has 1 amide bonds. The second-order valence-corrected chi connectivity index (χ2v) is 7.06. The minimum absolute atomic E-state index is 0.139. The van der Waals surface area contributed by atoms with Crippen molar-refractivity contribution in [2.75, 3.05) is 6.54 Å². The van der Waals surface area contributed by atoms with E-state index >= 15 is 0 Å². The molecule has 23 heavy (non-hydrogen) atoms. The maximum atomic E-state index is 12.6. The third-order valence-electron chi connectivity index (χ3n) is 5.64. The zero-order valence-electron chi connectivity index (χ0n) is 13.4. The molecule has 2 aromatic rings. The van der Waals surface area contributed by atoms with Gasteiger partial charge in [-0.2, -0.15) is 0 Å². The van der Waals surface area contributed by atoms with Gasteiger partial charge in [0.15, 0.2) is 0 Å². The predicted octanol–water partition coefficient (Wildman–Crippen LogP) is 3.19. The number of hydrogen-bond donors (Lipinski definition) is 2. The number of rotatable bonds is 4. The number of nitrogens with one attached hydrogen (secondary N) is 1. The molecular weight excluding hydrogens is 284 g/mol. The molecule has 2 aliphatic rings. The van der Waals surface area contributed by atoms with Crippen molar-refractivity contribution in [1.82, 2.24) is 5.32 Å². The third-order valence-corrected chi connectivity index (χ3v) is 5.64. The van der Waals surface area contributed by atoms with Crippen LogP contribution in [0.3, 0.4) is 0 Å². The van der Waals surface area contributed by atoms with Gasteiger partial charge in [0.2, 0.25) is 5.91 Å². The molecule has 2 aromatic carbocycles. The monoisotopic (exact) mass is 308 g/mol. The summed E-state index contributed by atoms with van der Waals surface area (Å²) in [7, 11) is 0. The summed E-state index contributed by atoms with van der Waals surface area (Å²) in [6.07, 6.45) is 4.39. The Labute approximate surface area is 137 Å². The maximum Gasteiger partial charge on any atom is 0.223 e. The first-order valence-electron chi connectivity index (χ1n) is 8.76. The first-order chi connectivity index (χ1) is 11.3. The molecule has 0 saturated heterocycles. The van der Waals surface area contributed by atoms with Crippen LogP contribution in [0, 0.1) is 11.8 Å². The van der Waals surface area contributed by atoms with Crippen molar-refractivity contribution in [3.05, 3.63) is 48.0 Å². The van der Waals surface area contributed by atoms with E-state index in [1.54, 1.807) is 0 Å². The Bertz CT molecular complexity index is 721. The van der Waals surface area contributed by atoms with Crippen LogP contribution in [-0.2, 0) is 4.79 Å². The van der Waals surface area contributed by atoms with E-state index in [-0.39, 0.29) is 11.8 Å². The Hall–Kier alpha value is -1.87. The zero-order chi connectivity index (χ0) is 15.8. The first-order valence-corrected chi connectivity index (χ1v) is 8.76. The van der Waals surface area contributed by atoms with Gasteiger partial charge < -0.3 is 11.1 Å². The normalized spacial score (nSPS) is 29.6. The number of amides is 1. The van der Waals surface area contributed by atoms with Gasteiger partial charge in [-0.3, -0.25) is 4.79 Å². The Kier molecular flexibility index (Phi) is 3.82. The SMILES string of the molecule is NCC1CCCC1NC(=O)C1CC1c1cccc2ccccc12. The van der Waals surface area contributed by atoms with Crippen molar-refractivity contribution in [3.8, 4) is 0 Å². The summed E-state index contributed by atoms with van der Waals surface area (Å²) in [6, 6.07) is 15.2. The van der Waals surface area contributed by atoms with Crippen LogP contribution in [-0.4, -0.2) is 18.5 Å². The van der Waals surface area contributed by atoms with Crippen LogP contribution in [0.1, 0.15) is 37.2 Å². The maximum absolute atomic E-state index is 12.6. The molecule has 3 nitrogen and oxygen atoms in total. The largest absolute Gasteiger partial charge is 0.353 e. The van der Waals surface area contributed by atoms with Gasteiger partial charge in [-0.1, -0.05) is 48.9 Å². The first kappa shape index (κ1) is 14.7. The van der Waals surface area contributed by atoms with Crippen molar-refractivity contribution < 1.29 is 4.79 Å². The zero-order valence-corrected chi connectivity index (χ0v) is 13.4. The molecule has 120 valence electrons. The molecule has 3 N–H and O–H groups in total. The highest BCUT2D eigenvalue weighted by Crippen LogP contribution is 2.49. The molecule has 0 bridgehead atoms. The fourth-order valence-electron chi connectivity index (χ4n) is 4.20. The van der Waals surface area contributed by atoms with E-state index in [1.807, 2.05) is 0 Å². The Morgan fingerprint density at radius 2 is 1.96 bits per heavy atom. The number of benzene rings is 2. The highest BCUT2D eigenvalue weighted by molar-refractivity contribution is 5.89. The van der Waals surface area contributed by atoms with Gasteiger partial charge in [0.05, 0.1) is 0 Å². The summed E-state index contributed by atoms with van der Waals surface area (Å²) in [5.41, 5.74) is 7.15. The quantitative estimate of drug-likeness (QED) is 0.911. The van der Waals surface area contributed by atoms with Crippen LogP contribution < -0.4 is 11.1 Å². The minimum atomic E-state index is 0.139. The van der Waals surface area contributed by atoms with Gasteiger partial charge in [-0.25, -0.2) is 0 Å². The molecule has 0 aliphatic heterocycles. The molecular formula is C20H24N2O. The van der Waals surface area contributed by atoms with Crippen LogP contribution in [0.15, 0.2) is 42.5 Å². The average Bonchev–Trinajstić information content (AvgIpc) is 3.27. The summed E-state index contributed by atoms with van der Waals surface area (Å²) in [6.45, 7) is 0.683. The molecule has 4 unspecified atom stereocenters. The molecule has 4 atom stereocenters. The number of carbonyl (C=O) groups is 1. The highest BCUT2D eigenvalue weighted by atomic mass is 16.2. The van der Waals surface area contributed by atoms with Crippen molar-refractivity contribution in [2.45, 2.75) is 37.6 Å². The third kappa shape index (κ3) is 2.74. The lowest BCUT2D eigenvalue weighted by Gasteiger charge is -2.19. The molecule has 0 spiro atoms. The van der Waals surface area contributed by atoms with Crippen molar-refractivity contribution in [1.29, 1.82) is 0 Å². The highest BCUT2D eigenvalue weighted by Gasteiger charge is 2.45. The molecule has 0 aromatic heterocycles. The number of nitrogens with two attached hydrogens (primary N) is 1. The van der Waals surface area contributed by atoms with Crippen LogP contribution in [0.5, 0.6) is 0 Å². The fraction of sp³-hybridized carbons (Fsp3) is 0.450. The van der Waals surface area contributed by atoms with Crippen LogP contribution in [0.4, 0.5) is 0 Å². The topological polar surface area (TPSA) is 55.1 Å². The Balaban J connectivity index is 1.48. The van der Waals surface area contributed by atoms with Crippen molar-refractivity contribution in [3.63, 3.8) is 0 Å². The average molecular weight is 308 g/mol. The lowest BCUT2D eigenvalue weighted by molar-refractivity contribution is -0.123. The minimum Gasteiger partial charge on any atom is -0.353 e. The van der Waals surface area contributed by atoms with Crippen LogP contribution in [0.2, 0.25) is 0 Å². The van der Waals surface area contributed by atoms with Gasteiger partial charge in [0, 0.05) is 12.0 Å². The molecule has 2 saturated carbocycles. The van der Waals surface area contributed by atoms with Gasteiger partial charge >= 0.3 is 0 Å². The number of hydrogen-bond acceptors (Lipinski definition) is 2. The summed E-state index contributed by atoms with van der Waals surface area (Å²) in [5, 5.41) is 5.82. The number of fused-ring (bicyclic) bond motifs is 1. The predicted molar refractivity (Wildman–Crippen MR) is 93.1 cm³/mol. The lowest BCUT2D eigenvalue weighted by atomic mass is 9.99. The van der Waals surface area contributed by atoms with Gasteiger partial charge in [0.25, 0.3) is 0 Å². The van der Waals surface area contributed by atoms with E-state index < -0.39 is 0 Å². The van der Waals surface area contributed by atoms with E-state index in [2.05, 4.69) is 47.8 Å². The van der Waals surface area contributed by atoms with E-state index in [9.17, 15) is 4.79 Å². The number of carbonyl (C=O) groups excluding carboxylic acids is 1. The van der Waals surface area contributed by atoms with Gasteiger partial charge in [0.1, 0.15) is 0 Å². The second-order valence-electron chi connectivity index (χ2n) is 7.06. The molecule has 2 fully saturated rings. The van der Waals surface area contributed by atoms with E-state index in [4.69, 9.17) is 5.73 Å². The molecule has 4 rings (SSSR count). The summed E-state index contributed by atoms with van der Waals surface area (Å²) < 4.78 is 0. The van der Waals surface area contributed by atoms with E-state index in [0.29, 0.717) is 24.4 Å². The summed E-state index contributed by atoms with van der Waals surface area (Å²) >= 11 is 0. The van der Waals surface area contributed by atoms with Crippen molar-refractivity contribution in [2.24, 2.45) is 17.6 Å². The Morgan fingerprint density at radius 1 is 1.13 bits per heavy atom. The van der Waals surface area contributed by atoms with Gasteiger partial charge in [-0.15, -0.1) is 0 Å². The molecule has 3 heteroatoms. The van der Waals surface area contributed by atoms with E-state index in [0.717, 1.165) is 19.3 Å². The smallest absolute Gasteiger partial charge is 0.223 e. The molecule has 0 heterocycles. The van der Waals surface area contributed by atoms with Crippen LogP contribution >= 0.6 is 0 Å². The summed E-state index contributed by atoms with van der Waals surface area (Å²) in [4.78, 5) is 12.6. The van der Waals surface area contributed by atoms with Crippen LogP contribution in [0.25, 0.3) is 10.8 Å². The Morgan fingerprint density at radius 3 is 2.83 bits per heavy atom. The van der Waals surface area contributed by atoms with Gasteiger partial charge in [-0.05, 0) is 54.0 Å². The summed E-state index contributed by atoms with van der Waals surface area (Å²) in [5.74, 6) is 1.21.